The number of carboxylic acid groups (broad SMARTS) is 1. The number of hydrogen-bond donors (Lipinski definition) is 2. The average molecular weight is 704 g/mol. The van der Waals surface area contributed by atoms with E-state index >= 15 is 0 Å². The molecule has 1 saturated carbocycles. The van der Waals surface area contributed by atoms with Crippen LogP contribution in [0.25, 0.3) is 0 Å². The number of ether oxygens (including phenoxy) is 1. The highest BCUT2D eigenvalue weighted by atomic mass is 31.2. The van der Waals surface area contributed by atoms with Crippen molar-refractivity contribution < 1.29 is 29.3 Å². The van der Waals surface area contributed by atoms with E-state index in [0.29, 0.717) is 19.3 Å². The Labute approximate surface area is 295 Å². The summed E-state index contributed by atoms with van der Waals surface area (Å²) in [6.07, 6.45) is 6.88. The lowest BCUT2D eigenvalue weighted by Crippen LogP contribution is -2.43. The molecule has 0 amide bonds. The van der Waals surface area contributed by atoms with E-state index in [1.165, 1.54) is 15.9 Å². The second-order valence-electron chi connectivity index (χ2n) is 14.8. The van der Waals surface area contributed by atoms with Gasteiger partial charge in [0, 0.05) is 24.7 Å². The minimum Gasteiger partial charge on any atom is -0.550 e. The Morgan fingerprint density at radius 1 is 0.939 bits per heavy atom. The first-order valence-electron chi connectivity index (χ1n) is 17.8. The number of rotatable bonds is 12. The van der Waals surface area contributed by atoms with Gasteiger partial charge in [0.1, 0.15) is 0 Å². The van der Waals surface area contributed by atoms with E-state index in [4.69, 9.17) is 9.16 Å². The fraction of sp³-hybridized carbons (Fsp3) is 0.463. The number of aliphatic hydroxyl groups excluding tert-OH is 2. The van der Waals surface area contributed by atoms with Gasteiger partial charge in [-0.2, -0.15) is 0 Å². The maximum absolute atomic E-state index is 10.8. The van der Waals surface area contributed by atoms with E-state index in [1.807, 2.05) is 18.2 Å². The van der Waals surface area contributed by atoms with Gasteiger partial charge < -0.3 is 29.3 Å². The van der Waals surface area contributed by atoms with Crippen molar-refractivity contribution in [3.63, 3.8) is 0 Å². The molecular formula is C41H56O6PSi-. The van der Waals surface area contributed by atoms with E-state index in [1.54, 1.807) is 0 Å². The number of carboxylic acids is 1. The quantitative estimate of drug-likeness (QED) is 0.102. The van der Waals surface area contributed by atoms with Gasteiger partial charge in [-0.3, -0.25) is 0 Å². The number of fused-ring (bicyclic) bond motifs is 1. The minimum atomic E-state index is -1.95. The maximum Gasteiger partial charge on any atom is 0.192 e. The predicted molar refractivity (Wildman–Crippen MR) is 205 cm³/mol. The highest BCUT2D eigenvalue weighted by molar-refractivity contribution is 7.94. The molecule has 1 aliphatic carbocycles. The molecule has 0 spiro atoms. The van der Waals surface area contributed by atoms with Crippen LogP contribution in [0, 0.1) is 11.8 Å². The first-order chi connectivity index (χ1) is 23.3. The number of aliphatic carboxylic acids is 1. The van der Waals surface area contributed by atoms with Crippen LogP contribution in [-0.4, -0.2) is 54.9 Å². The summed E-state index contributed by atoms with van der Waals surface area (Å²) < 4.78 is 12.0. The van der Waals surface area contributed by atoms with Crippen LogP contribution >= 0.6 is 6.89 Å². The summed E-state index contributed by atoms with van der Waals surface area (Å²) in [4.78, 5) is 10.8. The molecule has 1 heterocycles. The summed E-state index contributed by atoms with van der Waals surface area (Å²) in [5, 5.41) is 34.8. The van der Waals surface area contributed by atoms with E-state index in [9.17, 15) is 20.1 Å². The Morgan fingerprint density at radius 3 is 1.90 bits per heavy atom. The van der Waals surface area contributed by atoms with Gasteiger partial charge in [-0.1, -0.05) is 137 Å². The van der Waals surface area contributed by atoms with Gasteiger partial charge in [0.05, 0.1) is 18.3 Å². The van der Waals surface area contributed by atoms with Crippen LogP contribution in [0.2, 0.25) is 18.1 Å². The van der Waals surface area contributed by atoms with Gasteiger partial charge in [0.2, 0.25) is 0 Å². The molecule has 1 aliphatic heterocycles. The first kappa shape index (κ1) is 39.0. The molecule has 1 saturated heterocycles. The molecule has 2 fully saturated rings. The Balaban J connectivity index is 0.000000223. The number of carbonyl (C=O) groups is 1. The van der Waals surface area contributed by atoms with Crippen molar-refractivity contribution >= 4 is 42.9 Å². The zero-order valence-corrected chi connectivity index (χ0v) is 32.0. The molecule has 3 aromatic carbocycles. The fourth-order valence-electron chi connectivity index (χ4n) is 6.68. The van der Waals surface area contributed by atoms with Crippen molar-refractivity contribution in [2.24, 2.45) is 11.8 Å². The third-order valence-electron chi connectivity index (χ3n) is 10.4. The van der Waals surface area contributed by atoms with Crippen molar-refractivity contribution in [2.45, 2.75) is 109 Å². The highest BCUT2D eigenvalue weighted by Crippen LogP contribution is 2.45. The zero-order valence-electron chi connectivity index (χ0n) is 30.1. The second-order valence-corrected chi connectivity index (χ2v) is 22.9. The van der Waals surface area contributed by atoms with Gasteiger partial charge in [0.25, 0.3) is 0 Å². The van der Waals surface area contributed by atoms with E-state index in [0.717, 1.165) is 12.8 Å². The lowest BCUT2D eigenvalue weighted by molar-refractivity contribution is -0.305. The standard InChI is InChI=1S/C23H23O2P.C18H34O4Si/c24-23(25)18-10-11-19-26(20-12-4-1-5-13-20,21-14-6-2-7-15-21)22-16-8-3-9-17-22;1-7-12(22-23(5,6)18(2,3)4)8-9-13-14-10-17(20)21-16(14)11-15(13)19/h1-9,12-17,19H,10-11,18H2,(H,24,25);8-9,12-17,19-20H,7,10-11H2,1-6H3/p-1/b;9-8+/t;12-,13+,14+,15+,16-,17?/m.0/s1. The Hall–Kier alpha value is -2.77. The maximum atomic E-state index is 10.8. The van der Waals surface area contributed by atoms with Crippen LogP contribution < -0.4 is 21.0 Å². The van der Waals surface area contributed by atoms with Crippen LogP contribution in [0.15, 0.2) is 103 Å². The molecule has 6 nitrogen and oxygen atoms in total. The number of hydrogen-bond acceptors (Lipinski definition) is 6. The van der Waals surface area contributed by atoms with Crippen LogP contribution in [0.3, 0.4) is 0 Å². The molecule has 2 aliphatic rings. The highest BCUT2D eigenvalue weighted by Gasteiger charge is 2.48. The molecule has 0 bridgehead atoms. The van der Waals surface area contributed by atoms with Crippen molar-refractivity contribution in [2.75, 3.05) is 0 Å². The molecule has 49 heavy (non-hydrogen) atoms. The summed E-state index contributed by atoms with van der Waals surface area (Å²) in [6.45, 7) is 11.5. The lowest BCUT2D eigenvalue weighted by Gasteiger charge is -2.38. The first-order valence-corrected chi connectivity index (χ1v) is 22.5. The largest absolute Gasteiger partial charge is 0.550 e. The SMILES string of the molecule is CC[C@@H](/C=C/[C@@H]1[C@H]2CC(O)O[C@H]2C[C@H]1O)O[Si](C)(C)C(C)(C)C.O=C([O-])CCCC=P(c1ccccc1)(c1ccccc1)c1ccccc1. The monoisotopic (exact) mass is 703 g/mol. The summed E-state index contributed by atoms with van der Waals surface area (Å²) in [5.74, 6) is 1.66. The van der Waals surface area contributed by atoms with Gasteiger partial charge in [0.15, 0.2) is 14.6 Å². The zero-order chi connectivity index (χ0) is 35.7. The van der Waals surface area contributed by atoms with Crippen LogP contribution in [0.5, 0.6) is 0 Å². The molecule has 8 heteroatoms. The molecule has 0 aromatic heterocycles. The van der Waals surface area contributed by atoms with Crippen molar-refractivity contribution in [3.05, 3.63) is 103 Å². The van der Waals surface area contributed by atoms with E-state index in [-0.39, 0.29) is 41.6 Å². The normalized spacial score (nSPS) is 23.1. The molecule has 6 atom stereocenters. The molecule has 1 unspecified atom stereocenters. The Kier molecular flexibility index (Phi) is 13.9. The van der Waals surface area contributed by atoms with E-state index < -0.39 is 27.5 Å². The minimum absolute atomic E-state index is 0.00367. The number of benzene rings is 3. The third-order valence-corrected chi connectivity index (χ3v) is 19.0. The smallest absolute Gasteiger partial charge is 0.192 e. The van der Waals surface area contributed by atoms with Gasteiger partial charge >= 0.3 is 0 Å². The number of carbonyl (C=O) groups excluding carboxylic acids is 1. The Morgan fingerprint density at radius 2 is 1.45 bits per heavy atom. The average Bonchev–Trinajstić information content (AvgIpc) is 3.57. The third kappa shape index (κ3) is 9.94. The summed E-state index contributed by atoms with van der Waals surface area (Å²) in [6, 6.07) is 31.6. The van der Waals surface area contributed by atoms with Crippen LogP contribution in [0.1, 0.15) is 66.2 Å². The summed E-state index contributed by atoms with van der Waals surface area (Å²) in [5.41, 5.74) is 0. The Bertz CT molecular complexity index is 1430. The topological polar surface area (TPSA) is 99.1 Å². The lowest BCUT2D eigenvalue weighted by atomic mass is 9.91. The van der Waals surface area contributed by atoms with Gasteiger partial charge in [-0.25, -0.2) is 0 Å². The predicted octanol–water partition coefficient (Wildman–Crippen LogP) is 6.15. The number of unbranched alkanes of at least 4 members (excludes halogenated alkanes) is 1. The number of aliphatic hydroxyl groups is 2. The van der Waals surface area contributed by atoms with Crippen molar-refractivity contribution in [3.8, 4) is 0 Å². The molecular weight excluding hydrogens is 648 g/mol. The van der Waals surface area contributed by atoms with Crippen LogP contribution in [0.4, 0.5) is 0 Å². The van der Waals surface area contributed by atoms with Gasteiger partial charge in [-0.05, 0) is 72.5 Å². The van der Waals surface area contributed by atoms with Crippen LogP contribution in [-0.2, 0) is 14.0 Å². The fourth-order valence-corrected chi connectivity index (χ4v) is 12.1. The van der Waals surface area contributed by atoms with E-state index in [2.05, 4.69) is 132 Å². The van der Waals surface area contributed by atoms with Crippen molar-refractivity contribution in [1.82, 2.24) is 0 Å². The van der Waals surface area contributed by atoms with Crippen molar-refractivity contribution in [1.29, 1.82) is 0 Å². The molecule has 2 N–H and O–H groups in total. The molecule has 266 valence electrons. The molecule has 0 radical (unpaired) electrons. The second kappa shape index (κ2) is 17.4. The summed E-state index contributed by atoms with van der Waals surface area (Å²) >= 11 is 0. The van der Waals surface area contributed by atoms with Gasteiger partial charge in [-0.15, -0.1) is 0 Å². The molecule has 5 rings (SSSR count). The molecule has 3 aromatic rings. The summed E-state index contributed by atoms with van der Waals surface area (Å²) in [7, 11) is -1.80.